The number of carboxylic acids is 2. The number of carboxylic acid groups (broad SMARTS) is 2. The molecule has 10 heteroatoms. The van der Waals surface area contributed by atoms with Crippen LogP contribution in [-0.2, 0) is 24.0 Å². The van der Waals surface area contributed by atoms with Crippen molar-refractivity contribution in [3.63, 3.8) is 0 Å². The summed E-state index contributed by atoms with van der Waals surface area (Å²) in [5.74, 6) is -3.73. The van der Waals surface area contributed by atoms with Crippen LogP contribution in [0.25, 0.3) is 0 Å². The van der Waals surface area contributed by atoms with E-state index in [0.29, 0.717) is 6.29 Å². The van der Waals surface area contributed by atoms with Crippen molar-refractivity contribution in [3.05, 3.63) is 0 Å². The molecule has 0 heterocycles. The second-order valence-corrected chi connectivity index (χ2v) is 6.08. The van der Waals surface area contributed by atoms with E-state index >= 15 is 0 Å². The van der Waals surface area contributed by atoms with Gasteiger partial charge in [-0.1, -0.05) is 13.8 Å². The van der Waals surface area contributed by atoms with Crippen LogP contribution in [0.4, 0.5) is 0 Å². The van der Waals surface area contributed by atoms with Crippen molar-refractivity contribution in [2.75, 3.05) is 0 Å². The number of rotatable bonds is 12. The Kier molecular flexibility index (Phi) is 10.0. The molecule has 2 amide bonds. The fourth-order valence-electron chi connectivity index (χ4n) is 2.00. The van der Waals surface area contributed by atoms with Crippen molar-refractivity contribution in [1.82, 2.24) is 10.6 Å². The fourth-order valence-corrected chi connectivity index (χ4v) is 2.00. The monoisotopic (exact) mass is 359 g/mol. The number of nitrogens with one attached hydrogen (secondary N) is 2. The van der Waals surface area contributed by atoms with Gasteiger partial charge in [-0.05, 0) is 18.8 Å². The van der Waals surface area contributed by atoms with Gasteiger partial charge in [0.05, 0.1) is 18.5 Å². The number of carbonyl (C=O) groups is 5. The van der Waals surface area contributed by atoms with Gasteiger partial charge in [0.15, 0.2) is 0 Å². The van der Waals surface area contributed by atoms with Gasteiger partial charge in [0, 0.05) is 6.42 Å². The molecule has 25 heavy (non-hydrogen) atoms. The first-order valence-corrected chi connectivity index (χ1v) is 7.82. The smallest absolute Gasteiger partial charge is 0.305 e. The van der Waals surface area contributed by atoms with Crippen LogP contribution in [0.3, 0.4) is 0 Å². The summed E-state index contributed by atoms with van der Waals surface area (Å²) in [6.07, 6.45) is -0.412. The van der Waals surface area contributed by atoms with Crippen LogP contribution >= 0.6 is 0 Å². The lowest BCUT2D eigenvalue weighted by atomic mass is 10.0. The maximum Gasteiger partial charge on any atom is 0.305 e. The first kappa shape index (κ1) is 22.5. The minimum absolute atomic E-state index is 0.0143. The molecule has 0 radical (unpaired) electrons. The van der Waals surface area contributed by atoms with Crippen LogP contribution in [0.1, 0.15) is 39.5 Å². The summed E-state index contributed by atoms with van der Waals surface area (Å²) in [4.78, 5) is 56.3. The normalized spacial score (nSPS) is 14.2. The molecule has 10 nitrogen and oxygen atoms in total. The Morgan fingerprint density at radius 1 is 1.04 bits per heavy atom. The second-order valence-electron chi connectivity index (χ2n) is 6.08. The molecule has 0 aliphatic rings. The van der Waals surface area contributed by atoms with E-state index in [4.69, 9.17) is 15.9 Å². The summed E-state index contributed by atoms with van der Waals surface area (Å²) in [6.45, 7) is 3.62. The highest BCUT2D eigenvalue weighted by atomic mass is 16.4. The topological polar surface area (TPSA) is 176 Å². The number of carbonyl (C=O) groups excluding carboxylic acids is 3. The minimum Gasteiger partial charge on any atom is -0.481 e. The van der Waals surface area contributed by atoms with Crippen LogP contribution in [0, 0.1) is 5.92 Å². The maximum atomic E-state index is 12.2. The molecule has 0 fully saturated rings. The molecule has 6 N–H and O–H groups in total. The van der Waals surface area contributed by atoms with E-state index in [2.05, 4.69) is 10.6 Å². The van der Waals surface area contributed by atoms with E-state index in [-0.39, 0.29) is 25.2 Å². The molecule has 142 valence electrons. The third kappa shape index (κ3) is 10.1. The summed E-state index contributed by atoms with van der Waals surface area (Å²) in [6, 6.07) is -3.32. The van der Waals surface area contributed by atoms with Crippen molar-refractivity contribution >= 4 is 30.0 Å². The Morgan fingerprint density at radius 3 is 2.08 bits per heavy atom. The predicted molar refractivity (Wildman–Crippen MR) is 86.5 cm³/mol. The molecule has 0 aromatic rings. The van der Waals surface area contributed by atoms with Gasteiger partial charge in [0.1, 0.15) is 12.3 Å². The van der Waals surface area contributed by atoms with Gasteiger partial charge >= 0.3 is 11.9 Å². The third-order valence-electron chi connectivity index (χ3n) is 3.23. The van der Waals surface area contributed by atoms with Gasteiger partial charge in [-0.25, -0.2) is 0 Å². The second kappa shape index (κ2) is 11.1. The van der Waals surface area contributed by atoms with Crippen LogP contribution in [-0.4, -0.2) is 58.4 Å². The highest BCUT2D eigenvalue weighted by Gasteiger charge is 2.27. The van der Waals surface area contributed by atoms with Crippen molar-refractivity contribution in [1.29, 1.82) is 0 Å². The standard InChI is InChI=1S/C15H25N3O7/c1-8(2)5-11(15(25)17-9(7-19)6-13(22)23)18-14(24)10(16)3-4-12(20)21/h7-11H,3-6,16H2,1-2H3,(H,17,25)(H,18,24)(H,20,21)(H,22,23)/t9-,10-,11-/m0/s1. The van der Waals surface area contributed by atoms with Gasteiger partial charge in [0.25, 0.3) is 0 Å². The largest absolute Gasteiger partial charge is 0.481 e. The molecule has 0 saturated carbocycles. The molecule has 0 spiro atoms. The van der Waals surface area contributed by atoms with E-state index in [9.17, 15) is 24.0 Å². The molecule has 0 bridgehead atoms. The Balaban J connectivity index is 4.89. The van der Waals surface area contributed by atoms with Crippen molar-refractivity contribution in [2.24, 2.45) is 11.7 Å². The van der Waals surface area contributed by atoms with E-state index in [0.717, 1.165) is 0 Å². The molecule has 0 aromatic heterocycles. The van der Waals surface area contributed by atoms with E-state index in [1.165, 1.54) is 0 Å². The lowest BCUT2D eigenvalue weighted by Gasteiger charge is -2.23. The van der Waals surface area contributed by atoms with Crippen molar-refractivity contribution in [2.45, 2.75) is 57.7 Å². The molecule has 0 saturated heterocycles. The maximum absolute atomic E-state index is 12.2. The zero-order chi connectivity index (χ0) is 19.6. The average molecular weight is 359 g/mol. The zero-order valence-corrected chi connectivity index (χ0v) is 14.2. The van der Waals surface area contributed by atoms with Crippen LogP contribution in [0.5, 0.6) is 0 Å². The zero-order valence-electron chi connectivity index (χ0n) is 14.2. The van der Waals surface area contributed by atoms with E-state index in [1.807, 2.05) is 13.8 Å². The molecular formula is C15H25N3O7. The van der Waals surface area contributed by atoms with E-state index in [1.54, 1.807) is 0 Å². The number of aldehydes is 1. The highest BCUT2D eigenvalue weighted by molar-refractivity contribution is 5.91. The number of nitrogens with two attached hydrogens (primary N) is 1. The molecule has 3 atom stereocenters. The Morgan fingerprint density at radius 2 is 1.64 bits per heavy atom. The third-order valence-corrected chi connectivity index (χ3v) is 3.23. The summed E-state index contributed by atoms with van der Waals surface area (Å²) < 4.78 is 0. The minimum atomic E-state index is -1.25. The summed E-state index contributed by atoms with van der Waals surface area (Å²) in [5.41, 5.74) is 5.60. The van der Waals surface area contributed by atoms with Crippen LogP contribution < -0.4 is 16.4 Å². The predicted octanol–water partition coefficient (Wildman–Crippen LogP) is -1.13. The Labute approximate surface area is 145 Å². The highest BCUT2D eigenvalue weighted by Crippen LogP contribution is 2.07. The molecule has 0 aliphatic carbocycles. The van der Waals surface area contributed by atoms with Crippen molar-refractivity contribution < 1.29 is 34.2 Å². The van der Waals surface area contributed by atoms with Gasteiger partial charge < -0.3 is 31.4 Å². The molecule has 0 rings (SSSR count). The summed E-state index contributed by atoms with van der Waals surface area (Å²) in [7, 11) is 0. The van der Waals surface area contributed by atoms with Crippen LogP contribution in [0.15, 0.2) is 0 Å². The first-order valence-electron chi connectivity index (χ1n) is 7.82. The summed E-state index contributed by atoms with van der Waals surface area (Å²) in [5, 5.41) is 22.0. The molecule has 0 aromatic carbocycles. The molecule has 0 unspecified atom stereocenters. The molecule has 0 aliphatic heterocycles. The SMILES string of the molecule is CC(C)C[C@H](NC(=O)[C@@H](N)CCC(=O)O)C(=O)N[C@H](C=O)CC(=O)O. The number of hydrogen-bond acceptors (Lipinski definition) is 6. The lowest BCUT2D eigenvalue weighted by Crippen LogP contribution is -2.54. The lowest BCUT2D eigenvalue weighted by molar-refractivity contribution is -0.140. The van der Waals surface area contributed by atoms with Crippen LogP contribution in [0.2, 0.25) is 0 Å². The van der Waals surface area contributed by atoms with Gasteiger partial charge in [-0.3, -0.25) is 19.2 Å². The number of amides is 2. The van der Waals surface area contributed by atoms with Gasteiger partial charge in [-0.15, -0.1) is 0 Å². The first-order chi connectivity index (χ1) is 11.6. The van der Waals surface area contributed by atoms with E-state index < -0.39 is 48.3 Å². The number of hydrogen-bond donors (Lipinski definition) is 5. The van der Waals surface area contributed by atoms with Gasteiger partial charge in [0.2, 0.25) is 11.8 Å². The quantitative estimate of drug-likeness (QED) is 0.272. The van der Waals surface area contributed by atoms with Gasteiger partial charge in [-0.2, -0.15) is 0 Å². The average Bonchev–Trinajstić information content (AvgIpc) is 2.49. The Bertz CT molecular complexity index is 507. The molecular weight excluding hydrogens is 334 g/mol. The van der Waals surface area contributed by atoms with Crippen molar-refractivity contribution in [3.8, 4) is 0 Å². The fraction of sp³-hybridized carbons (Fsp3) is 0.667. The number of aliphatic carboxylic acids is 2. The Hall–Kier alpha value is -2.49. The summed E-state index contributed by atoms with van der Waals surface area (Å²) >= 11 is 0.